The molecule has 0 saturated carbocycles. The van der Waals surface area contributed by atoms with E-state index < -0.39 is 0 Å². The highest BCUT2D eigenvalue weighted by molar-refractivity contribution is 5.63. The van der Waals surface area contributed by atoms with Gasteiger partial charge in [0.15, 0.2) is 11.5 Å². The Morgan fingerprint density at radius 1 is 1.09 bits per heavy atom. The zero-order valence-corrected chi connectivity index (χ0v) is 12.5. The molecular weight excluding hydrogens is 296 g/mol. The number of nitrogens with zero attached hydrogens (tertiary/aromatic N) is 2. The highest BCUT2D eigenvalue weighted by Gasteiger charge is 2.16. The molecule has 6 nitrogen and oxygen atoms in total. The van der Waals surface area contributed by atoms with Gasteiger partial charge in [0.25, 0.3) is 0 Å². The van der Waals surface area contributed by atoms with Crippen LogP contribution in [0.1, 0.15) is 11.5 Å². The van der Waals surface area contributed by atoms with Crippen LogP contribution in [0, 0.1) is 0 Å². The minimum Gasteiger partial charge on any atom is -0.496 e. The average Bonchev–Trinajstić information content (AvgIpc) is 3.23. The van der Waals surface area contributed by atoms with Gasteiger partial charge in [-0.05, 0) is 29.8 Å². The van der Waals surface area contributed by atoms with E-state index in [1.807, 2.05) is 42.5 Å². The number of methoxy groups -OCH3 is 1. The quantitative estimate of drug-likeness (QED) is 0.738. The number of para-hydroxylation sites is 1. The molecule has 0 aliphatic carbocycles. The van der Waals surface area contributed by atoms with Gasteiger partial charge < -0.3 is 18.7 Å². The van der Waals surface area contributed by atoms with E-state index in [0.29, 0.717) is 23.9 Å². The van der Waals surface area contributed by atoms with Gasteiger partial charge in [0.05, 0.1) is 19.1 Å². The maximum Gasteiger partial charge on any atom is 0.231 e. The summed E-state index contributed by atoms with van der Waals surface area (Å²) in [7, 11) is 1.62. The predicted octanol–water partition coefficient (Wildman–Crippen LogP) is 3.06. The zero-order chi connectivity index (χ0) is 15.6. The lowest BCUT2D eigenvalue weighted by Gasteiger charge is -2.03. The fraction of sp³-hybridized carbons (Fsp3) is 0.176. The van der Waals surface area contributed by atoms with Gasteiger partial charge in [-0.3, -0.25) is 0 Å². The molecule has 0 fully saturated rings. The summed E-state index contributed by atoms with van der Waals surface area (Å²) in [6.45, 7) is 0.261. The molecule has 2 heterocycles. The highest BCUT2D eigenvalue weighted by Crippen LogP contribution is 2.33. The topological polar surface area (TPSA) is 66.6 Å². The Morgan fingerprint density at radius 2 is 1.96 bits per heavy atom. The van der Waals surface area contributed by atoms with Crippen molar-refractivity contribution in [2.24, 2.45) is 0 Å². The minimum absolute atomic E-state index is 0.261. The van der Waals surface area contributed by atoms with Crippen LogP contribution in [0.3, 0.4) is 0 Å². The molecule has 116 valence electrons. The van der Waals surface area contributed by atoms with E-state index in [4.69, 9.17) is 18.7 Å². The molecule has 1 aliphatic rings. The smallest absolute Gasteiger partial charge is 0.231 e. The van der Waals surface area contributed by atoms with Gasteiger partial charge in [-0.1, -0.05) is 23.4 Å². The second kappa shape index (κ2) is 5.64. The first-order chi connectivity index (χ1) is 11.3. The first-order valence-corrected chi connectivity index (χ1v) is 7.18. The lowest BCUT2D eigenvalue weighted by atomic mass is 10.1. The fourth-order valence-corrected chi connectivity index (χ4v) is 2.49. The van der Waals surface area contributed by atoms with Crippen LogP contribution in [0.25, 0.3) is 11.4 Å². The molecule has 6 heteroatoms. The van der Waals surface area contributed by atoms with Gasteiger partial charge in [-0.2, -0.15) is 4.98 Å². The van der Waals surface area contributed by atoms with Crippen molar-refractivity contribution in [3.63, 3.8) is 0 Å². The van der Waals surface area contributed by atoms with E-state index in [1.165, 1.54) is 0 Å². The summed E-state index contributed by atoms with van der Waals surface area (Å²) in [5.74, 6) is 3.26. The molecule has 23 heavy (non-hydrogen) atoms. The molecule has 0 spiro atoms. The number of hydrogen-bond donors (Lipinski definition) is 0. The number of ether oxygens (including phenoxy) is 3. The van der Waals surface area contributed by atoms with Crippen LogP contribution in [-0.2, 0) is 6.42 Å². The Bertz CT molecular complexity index is 844. The lowest BCUT2D eigenvalue weighted by Crippen LogP contribution is -1.93. The summed E-state index contributed by atoms with van der Waals surface area (Å²) in [5, 5.41) is 4.04. The first-order valence-electron chi connectivity index (χ1n) is 7.18. The molecule has 4 rings (SSSR count). The molecule has 0 radical (unpaired) electrons. The highest BCUT2D eigenvalue weighted by atomic mass is 16.7. The number of fused-ring (bicyclic) bond motifs is 1. The van der Waals surface area contributed by atoms with Crippen LogP contribution in [0.15, 0.2) is 47.0 Å². The third-order valence-corrected chi connectivity index (χ3v) is 3.61. The molecule has 0 saturated heterocycles. The molecular formula is C17H14N2O4. The predicted molar refractivity (Wildman–Crippen MR) is 81.7 cm³/mol. The van der Waals surface area contributed by atoms with Crippen molar-refractivity contribution in [1.29, 1.82) is 0 Å². The van der Waals surface area contributed by atoms with Crippen LogP contribution >= 0.6 is 0 Å². The van der Waals surface area contributed by atoms with E-state index in [1.54, 1.807) is 7.11 Å². The fourth-order valence-electron chi connectivity index (χ4n) is 2.49. The van der Waals surface area contributed by atoms with Crippen LogP contribution in [0.2, 0.25) is 0 Å². The third-order valence-electron chi connectivity index (χ3n) is 3.61. The van der Waals surface area contributed by atoms with Gasteiger partial charge in [-0.25, -0.2) is 0 Å². The van der Waals surface area contributed by atoms with Crippen molar-refractivity contribution >= 4 is 0 Å². The molecule has 0 N–H and O–H groups in total. The first kappa shape index (κ1) is 13.6. The van der Waals surface area contributed by atoms with Gasteiger partial charge in [0, 0.05) is 0 Å². The van der Waals surface area contributed by atoms with Gasteiger partial charge in [0.1, 0.15) is 5.75 Å². The van der Waals surface area contributed by atoms with Crippen molar-refractivity contribution < 1.29 is 18.7 Å². The number of aromatic nitrogens is 2. The van der Waals surface area contributed by atoms with Gasteiger partial charge in [0.2, 0.25) is 18.5 Å². The standard InChI is InChI=1S/C17H14N2O4/c1-20-13-5-3-2-4-12(13)17-18-16(23-19-17)9-11-6-7-14-15(8-11)22-10-21-14/h2-8H,9-10H2,1H3. The largest absolute Gasteiger partial charge is 0.496 e. The number of rotatable bonds is 4. The summed E-state index contributed by atoms with van der Waals surface area (Å²) >= 11 is 0. The van der Waals surface area contributed by atoms with Crippen molar-refractivity contribution in [2.75, 3.05) is 13.9 Å². The Hall–Kier alpha value is -3.02. The Labute approximate surface area is 132 Å². The van der Waals surface area contributed by atoms with Crippen molar-refractivity contribution in [2.45, 2.75) is 6.42 Å². The van der Waals surface area contributed by atoms with E-state index in [0.717, 1.165) is 22.6 Å². The molecule has 0 atom stereocenters. The molecule has 0 amide bonds. The Balaban J connectivity index is 1.59. The van der Waals surface area contributed by atoms with Crippen LogP contribution in [0.4, 0.5) is 0 Å². The Kier molecular flexibility index (Phi) is 3.34. The summed E-state index contributed by atoms with van der Waals surface area (Å²) < 4.78 is 21.4. The summed E-state index contributed by atoms with van der Waals surface area (Å²) in [6, 6.07) is 13.3. The molecule has 2 aromatic carbocycles. The minimum atomic E-state index is 0.261. The average molecular weight is 310 g/mol. The molecule has 0 unspecified atom stereocenters. The van der Waals surface area contributed by atoms with Crippen molar-refractivity contribution in [3.8, 4) is 28.6 Å². The zero-order valence-electron chi connectivity index (χ0n) is 12.5. The molecule has 0 bridgehead atoms. The SMILES string of the molecule is COc1ccccc1-c1noc(Cc2ccc3c(c2)OCO3)n1. The van der Waals surface area contributed by atoms with Crippen molar-refractivity contribution in [3.05, 3.63) is 53.9 Å². The number of hydrogen-bond acceptors (Lipinski definition) is 6. The monoisotopic (exact) mass is 310 g/mol. The maximum absolute atomic E-state index is 5.38. The van der Waals surface area contributed by atoms with Crippen LogP contribution < -0.4 is 14.2 Å². The lowest BCUT2D eigenvalue weighted by molar-refractivity contribution is 0.174. The summed E-state index contributed by atoms with van der Waals surface area (Å²) in [6.07, 6.45) is 0.527. The molecule has 1 aliphatic heterocycles. The summed E-state index contributed by atoms with van der Waals surface area (Å²) in [4.78, 5) is 4.45. The van der Waals surface area contributed by atoms with E-state index in [2.05, 4.69) is 10.1 Å². The van der Waals surface area contributed by atoms with E-state index in [-0.39, 0.29) is 6.79 Å². The Morgan fingerprint density at radius 3 is 2.87 bits per heavy atom. The normalized spacial score (nSPS) is 12.4. The third kappa shape index (κ3) is 2.59. The second-order valence-corrected chi connectivity index (χ2v) is 5.08. The van der Waals surface area contributed by atoms with Crippen LogP contribution in [-0.4, -0.2) is 24.0 Å². The van der Waals surface area contributed by atoms with Crippen molar-refractivity contribution in [1.82, 2.24) is 10.1 Å². The van der Waals surface area contributed by atoms with E-state index >= 15 is 0 Å². The second-order valence-electron chi connectivity index (χ2n) is 5.08. The van der Waals surface area contributed by atoms with Gasteiger partial charge >= 0.3 is 0 Å². The summed E-state index contributed by atoms with van der Waals surface area (Å²) in [5.41, 5.74) is 1.82. The van der Waals surface area contributed by atoms with Crippen LogP contribution in [0.5, 0.6) is 17.2 Å². The van der Waals surface area contributed by atoms with E-state index in [9.17, 15) is 0 Å². The maximum atomic E-state index is 5.38. The van der Waals surface area contributed by atoms with Gasteiger partial charge in [-0.15, -0.1) is 0 Å². The number of benzene rings is 2. The molecule has 3 aromatic rings. The molecule has 1 aromatic heterocycles.